The normalized spacial score (nSPS) is 10.8. The van der Waals surface area contributed by atoms with E-state index in [1.54, 1.807) is 13.0 Å². The Labute approximate surface area is 144 Å². The molecule has 0 amide bonds. The third-order valence-electron chi connectivity index (χ3n) is 4.07. The molecule has 5 nitrogen and oxygen atoms in total. The van der Waals surface area contributed by atoms with Crippen LogP contribution in [0, 0.1) is 6.92 Å². The van der Waals surface area contributed by atoms with Gasteiger partial charge in [0.25, 0.3) is 0 Å². The first kappa shape index (κ1) is 16.8. The molecule has 1 N–H and O–H groups in total. The van der Waals surface area contributed by atoms with Gasteiger partial charge in [0.05, 0.1) is 0 Å². The molecule has 25 heavy (non-hydrogen) atoms. The van der Waals surface area contributed by atoms with Gasteiger partial charge in [0, 0.05) is 29.0 Å². The first-order valence-electron chi connectivity index (χ1n) is 7.99. The lowest BCUT2D eigenvalue weighted by Crippen LogP contribution is -2.08. The van der Waals surface area contributed by atoms with E-state index in [-0.39, 0.29) is 24.7 Å². The molecule has 0 aliphatic carbocycles. The summed E-state index contributed by atoms with van der Waals surface area (Å²) in [6, 6.07) is 14.2. The Balaban J connectivity index is 1.72. The number of phenols is 1. The molecule has 0 unspecified atom stereocenters. The van der Waals surface area contributed by atoms with E-state index in [2.05, 4.69) is 0 Å². The highest BCUT2D eigenvalue weighted by molar-refractivity contribution is 5.85. The van der Waals surface area contributed by atoms with Crippen molar-refractivity contribution in [1.29, 1.82) is 0 Å². The molecule has 2 aromatic carbocycles. The van der Waals surface area contributed by atoms with Crippen LogP contribution in [0.4, 0.5) is 0 Å². The van der Waals surface area contributed by atoms with E-state index in [9.17, 15) is 14.7 Å². The van der Waals surface area contributed by atoms with Gasteiger partial charge >= 0.3 is 11.6 Å². The number of phenolic OH excluding ortho intramolecular Hbond substituents is 1. The minimum atomic E-state index is -0.545. The second-order valence-corrected chi connectivity index (χ2v) is 5.82. The fourth-order valence-electron chi connectivity index (χ4n) is 2.66. The van der Waals surface area contributed by atoms with Crippen molar-refractivity contribution in [3.63, 3.8) is 0 Å². The molecule has 128 valence electrons. The van der Waals surface area contributed by atoms with E-state index in [0.717, 1.165) is 5.56 Å². The number of carbonyl (C=O) groups is 1. The van der Waals surface area contributed by atoms with Crippen molar-refractivity contribution >= 4 is 16.9 Å². The molecule has 0 atom stereocenters. The van der Waals surface area contributed by atoms with Gasteiger partial charge in [-0.05, 0) is 31.0 Å². The summed E-state index contributed by atoms with van der Waals surface area (Å²) in [4.78, 5) is 23.7. The zero-order valence-electron chi connectivity index (χ0n) is 13.8. The Morgan fingerprint density at radius 2 is 1.92 bits per heavy atom. The number of aryl methyl sites for hydroxylation is 2. The van der Waals surface area contributed by atoms with Crippen molar-refractivity contribution in [2.45, 2.75) is 26.4 Å². The summed E-state index contributed by atoms with van der Waals surface area (Å²) in [5.74, 6) is -0.284. The molecular formula is C20H18O5. The quantitative estimate of drug-likeness (QED) is 0.569. The van der Waals surface area contributed by atoms with Crippen molar-refractivity contribution in [3.8, 4) is 5.75 Å². The number of aromatic hydroxyl groups is 1. The predicted octanol–water partition coefficient (Wildman–Crippen LogP) is 3.48. The number of ether oxygens (including phenoxy) is 1. The lowest BCUT2D eigenvalue weighted by atomic mass is 10.1. The maximum Gasteiger partial charge on any atom is 0.336 e. The lowest BCUT2D eigenvalue weighted by molar-refractivity contribution is -0.144. The molecular weight excluding hydrogens is 320 g/mol. The van der Waals surface area contributed by atoms with E-state index in [1.807, 2.05) is 30.3 Å². The van der Waals surface area contributed by atoms with Crippen LogP contribution >= 0.6 is 0 Å². The smallest absolute Gasteiger partial charge is 0.336 e. The monoisotopic (exact) mass is 338 g/mol. The number of fused-ring (bicyclic) bond motifs is 1. The zero-order chi connectivity index (χ0) is 17.8. The second kappa shape index (κ2) is 7.21. The van der Waals surface area contributed by atoms with Gasteiger partial charge in [-0.2, -0.15) is 0 Å². The van der Waals surface area contributed by atoms with Gasteiger partial charge < -0.3 is 14.3 Å². The first-order chi connectivity index (χ1) is 12.0. The topological polar surface area (TPSA) is 76.7 Å². The Bertz CT molecular complexity index is 957. The van der Waals surface area contributed by atoms with Crippen LogP contribution in [0.15, 0.2) is 57.7 Å². The number of benzene rings is 2. The Morgan fingerprint density at radius 3 is 2.68 bits per heavy atom. The van der Waals surface area contributed by atoms with Crippen LogP contribution < -0.4 is 5.63 Å². The molecule has 0 aliphatic heterocycles. The standard InChI is InChI=1S/C20H18O5/c1-13-17(21)9-8-16-15(11-19(23)25-20(13)16)12-24-18(22)10-7-14-5-3-2-4-6-14/h2-6,8-9,11,21H,7,10,12H2,1H3. The molecule has 5 heteroatoms. The average molecular weight is 338 g/mol. The van der Waals surface area contributed by atoms with Crippen LogP contribution in [-0.4, -0.2) is 11.1 Å². The van der Waals surface area contributed by atoms with Gasteiger partial charge in [0.15, 0.2) is 0 Å². The van der Waals surface area contributed by atoms with Gasteiger partial charge in [0.2, 0.25) is 0 Å². The highest BCUT2D eigenvalue weighted by Gasteiger charge is 2.12. The number of carbonyl (C=O) groups excluding carboxylic acids is 1. The average Bonchev–Trinajstić information content (AvgIpc) is 2.62. The third-order valence-corrected chi connectivity index (χ3v) is 4.07. The summed E-state index contributed by atoms with van der Waals surface area (Å²) >= 11 is 0. The molecule has 1 aromatic heterocycles. The van der Waals surface area contributed by atoms with Crippen LogP contribution in [0.1, 0.15) is 23.1 Å². The summed E-state index contributed by atoms with van der Waals surface area (Å²) in [5.41, 5.74) is 1.87. The lowest BCUT2D eigenvalue weighted by Gasteiger charge is -2.09. The highest BCUT2D eigenvalue weighted by atomic mass is 16.5. The van der Waals surface area contributed by atoms with Crippen LogP contribution in [0.3, 0.4) is 0 Å². The Kier molecular flexibility index (Phi) is 4.84. The summed E-state index contributed by atoms with van der Waals surface area (Å²) in [5, 5.41) is 10.4. The largest absolute Gasteiger partial charge is 0.508 e. The van der Waals surface area contributed by atoms with Crippen LogP contribution in [0.2, 0.25) is 0 Å². The molecule has 1 heterocycles. The van der Waals surface area contributed by atoms with E-state index in [4.69, 9.17) is 9.15 Å². The number of hydrogen-bond acceptors (Lipinski definition) is 5. The van der Waals surface area contributed by atoms with Crippen LogP contribution in [-0.2, 0) is 22.6 Å². The van der Waals surface area contributed by atoms with Crippen molar-refractivity contribution in [2.24, 2.45) is 0 Å². The van der Waals surface area contributed by atoms with Crippen molar-refractivity contribution in [2.75, 3.05) is 0 Å². The fourth-order valence-corrected chi connectivity index (χ4v) is 2.66. The molecule has 3 aromatic rings. The summed E-state index contributed by atoms with van der Waals surface area (Å²) in [6.07, 6.45) is 0.869. The Hall–Kier alpha value is -3.08. The number of hydrogen-bond donors (Lipinski definition) is 1. The summed E-state index contributed by atoms with van der Waals surface area (Å²) in [7, 11) is 0. The third kappa shape index (κ3) is 3.88. The summed E-state index contributed by atoms with van der Waals surface area (Å²) < 4.78 is 10.5. The highest BCUT2D eigenvalue weighted by Crippen LogP contribution is 2.27. The van der Waals surface area contributed by atoms with Gasteiger partial charge in [-0.3, -0.25) is 4.79 Å². The van der Waals surface area contributed by atoms with Crippen LogP contribution in [0.5, 0.6) is 5.75 Å². The minimum absolute atomic E-state index is 0.0140. The van der Waals surface area contributed by atoms with Crippen LogP contribution in [0.25, 0.3) is 11.0 Å². The molecule has 0 fully saturated rings. The maximum atomic E-state index is 12.0. The van der Waals surface area contributed by atoms with Gasteiger partial charge in [-0.25, -0.2) is 4.79 Å². The van der Waals surface area contributed by atoms with E-state index in [1.165, 1.54) is 12.1 Å². The predicted molar refractivity (Wildman–Crippen MR) is 93.4 cm³/mol. The molecule has 3 rings (SSSR count). The number of rotatable bonds is 5. The van der Waals surface area contributed by atoms with Gasteiger partial charge in [-0.15, -0.1) is 0 Å². The molecule has 0 bridgehead atoms. The summed E-state index contributed by atoms with van der Waals surface area (Å²) in [6.45, 7) is 1.65. The van der Waals surface area contributed by atoms with E-state index < -0.39 is 5.63 Å². The van der Waals surface area contributed by atoms with Crippen molar-refractivity contribution in [3.05, 3.63) is 75.6 Å². The number of esters is 1. The van der Waals surface area contributed by atoms with E-state index >= 15 is 0 Å². The minimum Gasteiger partial charge on any atom is -0.508 e. The van der Waals surface area contributed by atoms with Crippen molar-refractivity contribution in [1.82, 2.24) is 0 Å². The molecule has 0 saturated carbocycles. The Morgan fingerprint density at radius 1 is 1.16 bits per heavy atom. The van der Waals surface area contributed by atoms with E-state index in [0.29, 0.717) is 28.5 Å². The molecule has 0 saturated heterocycles. The fraction of sp³-hybridized carbons (Fsp3) is 0.200. The maximum absolute atomic E-state index is 12.0. The SMILES string of the molecule is Cc1c(O)ccc2c(COC(=O)CCc3ccccc3)cc(=O)oc12. The van der Waals surface area contributed by atoms with Gasteiger partial charge in [0.1, 0.15) is 17.9 Å². The second-order valence-electron chi connectivity index (χ2n) is 5.82. The molecule has 0 aliphatic rings. The molecule has 0 radical (unpaired) electrons. The molecule has 0 spiro atoms. The zero-order valence-corrected chi connectivity index (χ0v) is 13.8. The van der Waals surface area contributed by atoms with Crippen molar-refractivity contribution < 1.29 is 19.1 Å². The first-order valence-corrected chi connectivity index (χ1v) is 7.99. The van der Waals surface area contributed by atoms with Gasteiger partial charge in [-0.1, -0.05) is 30.3 Å².